The molecule has 0 radical (unpaired) electrons. The fourth-order valence-corrected chi connectivity index (χ4v) is 2.65. The Kier molecular flexibility index (Phi) is 2.77. The van der Waals surface area contributed by atoms with Crippen LogP contribution in [0.5, 0.6) is 0 Å². The maximum Gasteiger partial charge on any atom is 0.108 e. The van der Waals surface area contributed by atoms with E-state index in [-0.39, 0.29) is 10.8 Å². The minimum absolute atomic E-state index is 0.115. The summed E-state index contributed by atoms with van der Waals surface area (Å²) >= 11 is 1.31. The zero-order chi connectivity index (χ0) is 12.8. The standard InChI is InChI=1S/C14H20N2S/c1-13(2,3)9-7-8-10(14(4,5)6)12-11(9)15-17-16-12/h7-8H,1-6H3. The Morgan fingerprint density at radius 1 is 0.765 bits per heavy atom. The Morgan fingerprint density at radius 2 is 1.12 bits per heavy atom. The molecule has 3 heteroatoms. The van der Waals surface area contributed by atoms with Gasteiger partial charge in [0, 0.05) is 0 Å². The van der Waals surface area contributed by atoms with E-state index < -0.39 is 0 Å². The molecule has 1 heterocycles. The van der Waals surface area contributed by atoms with Crippen LogP contribution in [0.2, 0.25) is 0 Å². The topological polar surface area (TPSA) is 25.8 Å². The summed E-state index contributed by atoms with van der Waals surface area (Å²) < 4.78 is 8.98. The maximum absolute atomic E-state index is 4.49. The van der Waals surface area contributed by atoms with Crippen LogP contribution in [0.15, 0.2) is 12.1 Å². The van der Waals surface area contributed by atoms with Crippen LogP contribution in [-0.4, -0.2) is 8.75 Å². The summed E-state index contributed by atoms with van der Waals surface area (Å²) in [6, 6.07) is 4.43. The summed E-state index contributed by atoms with van der Waals surface area (Å²) in [5.74, 6) is 0. The Bertz CT molecular complexity index is 493. The van der Waals surface area contributed by atoms with Crippen LogP contribution >= 0.6 is 11.7 Å². The molecule has 0 fully saturated rings. The fraction of sp³-hybridized carbons (Fsp3) is 0.571. The van der Waals surface area contributed by atoms with E-state index in [1.807, 2.05) is 0 Å². The second-order valence-corrected chi connectivity index (χ2v) is 7.15. The molecule has 1 aromatic heterocycles. The van der Waals surface area contributed by atoms with Crippen molar-refractivity contribution in [2.45, 2.75) is 52.4 Å². The summed E-state index contributed by atoms with van der Waals surface area (Å²) in [7, 11) is 0. The molecule has 0 N–H and O–H groups in total. The number of benzene rings is 1. The molecule has 0 aliphatic carbocycles. The molecule has 0 atom stereocenters. The molecule has 2 rings (SSSR count). The minimum Gasteiger partial charge on any atom is -0.173 e. The van der Waals surface area contributed by atoms with Crippen molar-refractivity contribution >= 4 is 22.8 Å². The highest BCUT2D eigenvalue weighted by Crippen LogP contribution is 2.35. The average molecular weight is 248 g/mol. The van der Waals surface area contributed by atoms with Crippen LogP contribution < -0.4 is 0 Å². The maximum atomic E-state index is 4.49. The van der Waals surface area contributed by atoms with E-state index in [9.17, 15) is 0 Å². The highest BCUT2D eigenvalue weighted by molar-refractivity contribution is 7.00. The van der Waals surface area contributed by atoms with Crippen molar-refractivity contribution in [1.82, 2.24) is 8.75 Å². The molecule has 0 amide bonds. The smallest absolute Gasteiger partial charge is 0.108 e. The average Bonchev–Trinajstić information content (AvgIpc) is 2.60. The molecular formula is C14H20N2S. The predicted octanol–water partition coefficient (Wildman–Crippen LogP) is 4.29. The fourth-order valence-electron chi connectivity index (χ4n) is 2.08. The predicted molar refractivity (Wildman–Crippen MR) is 74.8 cm³/mol. The number of nitrogens with zero attached hydrogens (tertiary/aromatic N) is 2. The molecule has 0 unspecified atom stereocenters. The normalized spacial score (nSPS) is 13.3. The molecule has 2 nitrogen and oxygen atoms in total. The molecule has 0 bridgehead atoms. The van der Waals surface area contributed by atoms with Crippen molar-refractivity contribution in [2.75, 3.05) is 0 Å². The Hall–Kier alpha value is -0.960. The van der Waals surface area contributed by atoms with E-state index in [1.165, 1.54) is 22.9 Å². The van der Waals surface area contributed by atoms with E-state index >= 15 is 0 Å². The first-order valence-electron chi connectivity index (χ1n) is 5.97. The molecule has 2 aromatic rings. The highest BCUT2D eigenvalue weighted by atomic mass is 32.1. The van der Waals surface area contributed by atoms with Crippen molar-refractivity contribution < 1.29 is 0 Å². The van der Waals surface area contributed by atoms with Gasteiger partial charge in [-0.3, -0.25) is 0 Å². The summed E-state index contributed by atoms with van der Waals surface area (Å²) in [4.78, 5) is 0. The van der Waals surface area contributed by atoms with Gasteiger partial charge in [-0.15, -0.1) is 0 Å². The zero-order valence-electron chi connectivity index (χ0n) is 11.5. The lowest BCUT2D eigenvalue weighted by Gasteiger charge is -2.23. The third-order valence-corrected chi connectivity index (χ3v) is 3.56. The summed E-state index contributed by atoms with van der Waals surface area (Å²) in [6.07, 6.45) is 0. The van der Waals surface area contributed by atoms with Crippen molar-refractivity contribution in [1.29, 1.82) is 0 Å². The lowest BCUT2D eigenvalue weighted by molar-refractivity contribution is 0.584. The van der Waals surface area contributed by atoms with Gasteiger partial charge in [-0.1, -0.05) is 53.7 Å². The SMILES string of the molecule is CC(C)(C)c1ccc(C(C)(C)C)c2nsnc12. The molecular weight excluding hydrogens is 228 g/mol. The number of aromatic nitrogens is 2. The lowest BCUT2D eigenvalue weighted by atomic mass is 9.81. The zero-order valence-corrected chi connectivity index (χ0v) is 12.3. The number of hydrogen-bond donors (Lipinski definition) is 0. The van der Waals surface area contributed by atoms with Crippen molar-refractivity contribution in [3.63, 3.8) is 0 Å². The second-order valence-electron chi connectivity index (χ2n) is 6.62. The van der Waals surface area contributed by atoms with Crippen LogP contribution in [0, 0.1) is 0 Å². The number of rotatable bonds is 0. The largest absolute Gasteiger partial charge is 0.173 e. The van der Waals surface area contributed by atoms with Crippen LogP contribution in [0.1, 0.15) is 52.7 Å². The lowest BCUT2D eigenvalue weighted by Crippen LogP contribution is -2.16. The Balaban J connectivity index is 2.76. The van der Waals surface area contributed by atoms with E-state index in [0.717, 1.165) is 11.0 Å². The van der Waals surface area contributed by atoms with Gasteiger partial charge in [-0.05, 0) is 22.0 Å². The van der Waals surface area contributed by atoms with Crippen LogP contribution in [-0.2, 0) is 10.8 Å². The number of hydrogen-bond acceptors (Lipinski definition) is 3. The summed E-state index contributed by atoms with van der Waals surface area (Å²) in [6.45, 7) is 13.3. The first-order valence-corrected chi connectivity index (χ1v) is 6.70. The quantitative estimate of drug-likeness (QED) is 0.695. The van der Waals surface area contributed by atoms with E-state index in [1.54, 1.807) is 0 Å². The number of fused-ring (bicyclic) bond motifs is 1. The molecule has 0 saturated heterocycles. The van der Waals surface area contributed by atoms with Gasteiger partial charge in [0.1, 0.15) is 11.0 Å². The van der Waals surface area contributed by atoms with Gasteiger partial charge in [-0.2, -0.15) is 8.75 Å². The van der Waals surface area contributed by atoms with Crippen LogP contribution in [0.4, 0.5) is 0 Å². The summed E-state index contributed by atoms with van der Waals surface area (Å²) in [5, 5.41) is 0. The van der Waals surface area contributed by atoms with E-state index in [4.69, 9.17) is 0 Å². The van der Waals surface area contributed by atoms with Crippen molar-refractivity contribution in [3.8, 4) is 0 Å². The van der Waals surface area contributed by atoms with Gasteiger partial charge < -0.3 is 0 Å². The first-order chi connectivity index (χ1) is 7.71. The molecule has 0 spiro atoms. The highest BCUT2D eigenvalue weighted by Gasteiger charge is 2.24. The third kappa shape index (κ3) is 2.21. The molecule has 92 valence electrons. The van der Waals surface area contributed by atoms with Crippen LogP contribution in [0.25, 0.3) is 11.0 Å². The van der Waals surface area contributed by atoms with Gasteiger partial charge >= 0.3 is 0 Å². The van der Waals surface area contributed by atoms with Gasteiger partial charge in [0.25, 0.3) is 0 Å². The molecule has 0 aliphatic heterocycles. The van der Waals surface area contributed by atoms with Gasteiger partial charge in [0.15, 0.2) is 0 Å². The van der Waals surface area contributed by atoms with Gasteiger partial charge in [0.05, 0.1) is 11.7 Å². The molecule has 17 heavy (non-hydrogen) atoms. The van der Waals surface area contributed by atoms with Crippen LogP contribution in [0.3, 0.4) is 0 Å². The molecule has 1 aromatic carbocycles. The Morgan fingerprint density at radius 3 is 1.41 bits per heavy atom. The molecule has 0 saturated carbocycles. The Labute approximate surface area is 107 Å². The van der Waals surface area contributed by atoms with Crippen molar-refractivity contribution in [2.24, 2.45) is 0 Å². The monoisotopic (exact) mass is 248 g/mol. The van der Waals surface area contributed by atoms with Gasteiger partial charge in [0.2, 0.25) is 0 Å². The van der Waals surface area contributed by atoms with Gasteiger partial charge in [-0.25, -0.2) is 0 Å². The first kappa shape index (κ1) is 12.5. The molecule has 0 aliphatic rings. The minimum atomic E-state index is 0.115. The summed E-state index contributed by atoms with van der Waals surface area (Å²) in [5.41, 5.74) is 4.96. The third-order valence-electron chi connectivity index (χ3n) is 3.03. The van der Waals surface area contributed by atoms with E-state index in [2.05, 4.69) is 62.4 Å². The van der Waals surface area contributed by atoms with Crippen molar-refractivity contribution in [3.05, 3.63) is 23.3 Å². The van der Waals surface area contributed by atoms with E-state index in [0.29, 0.717) is 0 Å². The second kappa shape index (κ2) is 3.77.